The summed E-state index contributed by atoms with van der Waals surface area (Å²) in [5.41, 5.74) is -0.185. The Morgan fingerprint density at radius 3 is 2.57 bits per heavy atom. The maximum absolute atomic E-state index is 13.0. The highest BCUT2D eigenvalue weighted by Crippen LogP contribution is 2.24. The van der Waals surface area contributed by atoms with Crippen molar-refractivity contribution in [3.63, 3.8) is 0 Å². The fourth-order valence-electron chi connectivity index (χ4n) is 2.15. The lowest BCUT2D eigenvalue weighted by atomic mass is 10.1. The van der Waals surface area contributed by atoms with Crippen molar-refractivity contribution in [2.75, 3.05) is 30.4 Å². The van der Waals surface area contributed by atoms with Gasteiger partial charge in [-0.25, -0.2) is 9.18 Å². The molecule has 11 heteroatoms. The van der Waals surface area contributed by atoms with Crippen LogP contribution in [0.5, 0.6) is 0 Å². The Morgan fingerprint density at radius 2 is 1.93 bits per heavy atom. The van der Waals surface area contributed by atoms with Gasteiger partial charge in [0.15, 0.2) is 6.61 Å². The van der Waals surface area contributed by atoms with Gasteiger partial charge >= 0.3 is 5.97 Å². The molecule has 0 aliphatic carbocycles. The Balaban J connectivity index is 2.07. The predicted octanol–water partition coefficient (Wildman–Crippen LogP) is 2.59. The molecule has 0 atom stereocenters. The maximum Gasteiger partial charge on any atom is 0.341 e. The second kappa shape index (κ2) is 9.62. The zero-order valence-electron chi connectivity index (χ0n) is 14.3. The average Bonchev–Trinajstić information content (AvgIpc) is 2.66. The molecule has 0 saturated carbocycles. The summed E-state index contributed by atoms with van der Waals surface area (Å²) in [6, 6.07) is 6.81. The highest BCUT2D eigenvalue weighted by Gasteiger charge is 2.19. The molecular formula is C17H15ClFN3O6. The van der Waals surface area contributed by atoms with Crippen LogP contribution in [0.25, 0.3) is 0 Å². The van der Waals surface area contributed by atoms with Crippen LogP contribution in [0.2, 0.25) is 5.02 Å². The monoisotopic (exact) mass is 411 g/mol. The third-order valence-corrected chi connectivity index (χ3v) is 3.71. The molecule has 3 N–H and O–H groups in total. The van der Waals surface area contributed by atoms with Gasteiger partial charge in [-0.05, 0) is 24.3 Å². The van der Waals surface area contributed by atoms with Gasteiger partial charge < -0.3 is 20.5 Å². The molecule has 2 rings (SSSR count). The number of halogens is 2. The van der Waals surface area contributed by atoms with Gasteiger partial charge in [-0.2, -0.15) is 0 Å². The molecular weight excluding hydrogens is 397 g/mol. The number of esters is 1. The van der Waals surface area contributed by atoms with Crippen LogP contribution in [0, 0.1) is 15.9 Å². The van der Waals surface area contributed by atoms with Gasteiger partial charge in [-0.3, -0.25) is 14.9 Å². The number of anilines is 2. The molecule has 0 unspecified atom stereocenters. The van der Waals surface area contributed by atoms with Crippen LogP contribution in [0.1, 0.15) is 10.4 Å². The second-order valence-corrected chi connectivity index (χ2v) is 5.79. The summed E-state index contributed by atoms with van der Waals surface area (Å²) in [6.07, 6.45) is 0. The zero-order valence-corrected chi connectivity index (χ0v) is 15.0. The molecule has 0 bridgehead atoms. The first kappa shape index (κ1) is 21.1. The normalized spacial score (nSPS) is 10.2. The number of nitrogens with one attached hydrogen (secondary N) is 2. The van der Waals surface area contributed by atoms with Gasteiger partial charge in [0.2, 0.25) is 0 Å². The fraction of sp³-hybridized carbons (Fsp3) is 0.176. The summed E-state index contributed by atoms with van der Waals surface area (Å²) >= 11 is 5.79. The van der Waals surface area contributed by atoms with Crippen molar-refractivity contribution >= 4 is 40.5 Å². The molecule has 0 fully saturated rings. The van der Waals surface area contributed by atoms with E-state index in [0.29, 0.717) is 0 Å². The van der Waals surface area contributed by atoms with E-state index in [2.05, 4.69) is 10.6 Å². The first-order valence-corrected chi connectivity index (χ1v) is 8.25. The van der Waals surface area contributed by atoms with Gasteiger partial charge in [0.25, 0.3) is 11.6 Å². The number of carbonyl (C=O) groups is 2. The number of carbonyl (C=O) groups excluding carboxylic acids is 2. The van der Waals surface area contributed by atoms with E-state index in [-0.39, 0.29) is 40.8 Å². The third-order valence-electron chi connectivity index (χ3n) is 3.40. The summed E-state index contributed by atoms with van der Waals surface area (Å²) in [7, 11) is 0. The van der Waals surface area contributed by atoms with Gasteiger partial charge in [0.05, 0.1) is 27.8 Å². The van der Waals surface area contributed by atoms with E-state index in [1.54, 1.807) is 0 Å². The average molecular weight is 412 g/mol. The van der Waals surface area contributed by atoms with E-state index in [0.717, 1.165) is 18.2 Å². The highest BCUT2D eigenvalue weighted by atomic mass is 35.5. The molecule has 0 radical (unpaired) electrons. The molecule has 0 saturated heterocycles. The van der Waals surface area contributed by atoms with Crippen LogP contribution in [-0.4, -0.2) is 41.7 Å². The van der Waals surface area contributed by atoms with E-state index >= 15 is 0 Å². The van der Waals surface area contributed by atoms with Crippen LogP contribution in [0.15, 0.2) is 36.4 Å². The Kier molecular flexibility index (Phi) is 7.24. The second-order valence-electron chi connectivity index (χ2n) is 5.39. The van der Waals surface area contributed by atoms with E-state index in [1.807, 2.05) is 0 Å². The minimum absolute atomic E-state index is 0.0335. The number of aliphatic hydroxyl groups excluding tert-OH is 1. The lowest BCUT2D eigenvalue weighted by molar-refractivity contribution is -0.384. The van der Waals surface area contributed by atoms with Crippen molar-refractivity contribution in [1.29, 1.82) is 0 Å². The third kappa shape index (κ3) is 5.63. The summed E-state index contributed by atoms with van der Waals surface area (Å²) in [6.45, 7) is -0.831. The number of hydrogen-bond donors (Lipinski definition) is 3. The fourth-order valence-corrected chi connectivity index (χ4v) is 2.36. The SMILES string of the molecule is O=C(COC(=O)c1cc([N+](=O)[O-])ccc1NCCO)Nc1ccc(F)cc1Cl. The number of nitrogens with zero attached hydrogens (tertiary/aromatic N) is 1. The first-order chi connectivity index (χ1) is 13.3. The molecule has 0 aliphatic rings. The zero-order chi connectivity index (χ0) is 20.7. The molecule has 0 aromatic heterocycles. The number of non-ortho nitro benzene ring substituents is 1. The van der Waals surface area contributed by atoms with Crippen LogP contribution in [0.3, 0.4) is 0 Å². The molecule has 2 aromatic rings. The van der Waals surface area contributed by atoms with Crippen LogP contribution in [0.4, 0.5) is 21.5 Å². The Morgan fingerprint density at radius 1 is 1.21 bits per heavy atom. The summed E-state index contributed by atoms with van der Waals surface area (Å²) in [5.74, 6) is -2.30. The molecule has 1 amide bonds. The van der Waals surface area contributed by atoms with Crippen LogP contribution in [-0.2, 0) is 9.53 Å². The van der Waals surface area contributed by atoms with E-state index < -0.39 is 29.2 Å². The number of hydrogen-bond acceptors (Lipinski definition) is 7. The number of ether oxygens (including phenoxy) is 1. The van der Waals surface area contributed by atoms with Crippen molar-refractivity contribution in [2.24, 2.45) is 0 Å². The Hall–Kier alpha value is -3.24. The minimum atomic E-state index is -0.982. The van der Waals surface area contributed by atoms with Crippen LogP contribution >= 0.6 is 11.6 Å². The van der Waals surface area contributed by atoms with Gasteiger partial charge in [-0.15, -0.1) is 0 Å². The summed E-state index contributed by atoms with van der Waals surface area (Å²) < 4.78 is 17.9. The Bertz CT molecular complexity index is 908. The number of nitro benzene ring substituents is 1. The number of amides is 1. The van der Waals surface area contributed by atoms with Crippen molar-refractivity contribution in [1.82, 2.24) is 0 Å². The molecule has 0 spiro atoms. The van der Waals surface area contributed by atoms with Gasteiger partial charge in [0.1, 0.15) is 5.82 Å². The van der Waals surface area contributed by atoms with Crippen molar-refractivity contribution in [3.05, 3.63) is 62.9 Å². The van der Waals surface area contributed by atoms with Gasteiger partial charge in [-0.1, -0.05) is 11.6 Å². The van der Waals surface area contributed by atoms with Crippen LogP contribution < -0.4 is 10.6 Å². The standard InChI is InChI=1S/C17H15ClFN3O6/c18-13-7-10(19)1-3-15(13)21-16(24)9-28-17(25)12-8-11(22(26)27)2-4-14(12)20-5-6-23/h1-4,7-8,20,23H,5-6,9H2,(H,21,24). The topological polar surface area (TPSA) is 131 Å². The quantitative estimate of drug-likeness (QED) is 0.345. The van der Waals surface area contributed by atoms with E-state index in [1.165, 1.54) is 18.2 Å². The smallest absolute Gasteiger partial charge is 0.341 e. The largest absolute Gasteiger partial charge is 0.452 e. The number of nitro groups is 1. The van der Waals surface area contributed by atoms with E-state index in [4.69, 9.17) is 21.4 Å². The molecule has 2 aromatic carbocycles. The molecule has 148 valence electrons. The van der Waals surface area contributed by atoms with E-state index in [9.17, 15) is 24.1 Å². The number of rotatable bonds is 8. The molecule has 0 heterocycles. The Labute approximate surface area is 163 Å². The molecule has 0 aliphatic heterocycles. The van der Waals surface area contributed by atoms with Crippen molar-refractivity contribution < 1.29 is 28.7 Å². The van der Waals surface area contributed by atoms with Gasteiger partial charge in [0, 0.05) is 24.4 Å². The lowest BCUT2D eigenvalue weighted by Crippen LogP contribution is -2.22. The first-order valence-electron chi connectivity index (χ1n) is 7.87. The maximum atomic E-state index is 13.0. The summed E-state index contributed by atoms with van der Waals surface area (Å²) in [5, 5.41) is 24.8. The van der Waals surface area contributed by atoms with Crippen molar-refractivity contribution in [2.45, 2.75) is 0 Å². The minimum Gasteiger partial charge on any atom is -0.452 e. The summed E-state index contributed by atoms with van der Waals surface area (Å²) in [4.78, 5) is 34.4. The number of aliphatic hydroxyl groups is 1. The molecule has 28 heavy (non-hydrogen) atoms. The number of benzene rings is 2. The molecule has 9 nitrogen and oxygen atoms in total. The lowest BCUT2D eigenvalue weighted by Gasteiger charge is -2.11. The highest BCUT2D eigenvalue weighted by molar-refractivity contribution is 6.33. The predicted molar refractivity (Wildman–Crippen MR) is 99.0 cm³/mol. The van der Waals surface area contributed by atoms with Crippen molar-refractivity contribution in [3.8, 4) is 0 Å².